The molecule has 0 radical (unpaired) electrons. The summed E-state index contributed by atoms with van der Waals surface area (Å²) in [5.41, 5.74) is 0.387. The Balaban J connectivity index is 1.62. The van der Waals surface area contributed by atoms with Gasteiger partial charge in [0.1, 0.15) is 5.75 Å². The van der Waals surface area contributed by atoms with Gasteiger partial charge in [-0.15, -0.1) is 11.3 Å². The Hall–Kier alpha value is -2.05. The lowest BCUT2D eigenvalue weighted by atomic mass is 9.73. The molecule has 5 nitrogen and oxygen atoms in total. The molecule has 1 aliphatic carbocycles. The number of methoxy groups -OCH3 is 1. The molecule has 1 saturated carbocycles. The number of carbonyl (C=O) groups excluding carboxylic acids is 2. The number of rotatable bonds is 5. The maximum absolute atomic E-state index is 12.3. The van der Waals surface area contributed by atoms with E-state index in [0.717, 1.165) is 25.7 Å². The van der Waals surface area contributed by atoms with Gasteiger partial charge in [0.05, 0.1) is 12.1 Å². The number of nitrogens with one attached hydrogen (secondary N) is 2. The second kappa shape index (κ2) is 8.76. The number of ether oxygens (including phenoxy) is 1. The van der Waals surface area contributed by atoms with E-state index in [1.807, 2.05) is 6.07 Å². The predicted molar refractivity (Wildman–Crippen MR) is 109 cm³/mol. The highest BCUT2D eigenvalue weighted by molar-refractivity contribution is 7.10. The van der Waals surface area contributed by atoms with Gasteiger partial charge in [-0.25, -0.2) is 0 Å². The van der Waals surface area contributed by atoms with Crippen molar-refractivity contribution < 1.29 is 14.3 Å². The Labute approximate surface area is 168 Å². The Morgan fingerprint density at radius 1 is 1.19 bits per heavy atom. The van der Waals surface area contributed by atoms with E-state index in [2.05, 4.69) is 22.1 Å². The molecular formula is C20H23ClN2O3S. The fourth-order valence-electron chi connectivity index (χ4n) is 3.58. The Bertz CT molecular complexity index is 802. The van der Waals surface area contributed by atoms with Gasteiger partial charge in [0.2, 0.25) is 0 Å². The lowest BCUT2D eigenvalue weighted by Crippen LogP contribution is -2.45. The van der Waals surface area contributed by atoms with Gasteiger partial charge in [0.25, 0.3) is 0 Å². The van der Waals surface area contributed by atoms with E-state index in [-0.39, 0.29) is 5.41 Å². The molecule has 0 bridgehead atoms. The zero-order valence-corrected chi connectivity index (χ0v) is 16.8. The van der Waals surface area contributed by atoms with Crippen LogP contribution in [0, 0.1) is 0 Å². The van der Waals surface area contributed by atoms with Gasteiger partial charge in [-0.3, -0.25) is 9.59 Å². The molecule has 2 amide bonds. The summed E-state index contributed by atoms with van der Waals surface area (Å²) in [5.74, 6) is -0.828. The monoisotopic (exact) mass is 406 g/mol. The number of hydrogen-bond donors (Lipinski definition) is 2. The summed E-state index contributed by atoms with van der Waals surface area (Å²) in [6.07, 6.45) is 5.57. The average molecular weight is 407 g/mol. The molecular weight excluding hydrogens is 384 g/mol. The zero-order chi connectivity index (χ0) is 19.3. The van der Waals surface area contributed by atoms with Crippen molar-refractivity contribution in [2.75, 3.05) is 19.0 Å². The van der Waals surface area contributed by atoms with E-state index in [9.17, 15) is 9.59 Å². The molecule has 0 atom stereocenters. The molecule has 7 heteroatoms. The van der Waals surface area contributed by atoms with Crippen LogP contribution in [0.25, 0.3) is 0 Å². The van der Waals surface area contributed by atoms with Crippen LogP contribution in [0.1, 0.15) is 37.0 Å². The van der Waals surface area contributed by atoms with E-state index in [1.54, 1.807) is 29.5 Å². The first-order valence-electron chi connectivity index (χ1n) is 9.01. The van der Waals surface area contributed by atoms with Crippen LogP contribution in [-0.2, 0) is 15.0 Å². The zero-order valence-electron chi connectivity index (χ0n) is 15.2. The van der Waals surface area contributed by atoms with Crippen LogP contribution in [0.3, 0.4) is 0 Å². The van der Waals surface area contributed by atoms with Crippen molar-refractivity contribution in [3.8, 4) is 5.75 Å². The standard InChI is InChI=1S/C20H23ClN2O3S/c1-26-16-8-7-14(12-15(16)21)23-19(25)18(24)22-13-20(9-3-2-4-10-20)17-6-5-11-27-17/h5-8,11-12H,2-4,9-10,13H2,1H3,(H,22,24)(H,23,25). The molecule has 2 aromatic rings. The van der Waals surface area contributed by atoms with E-state index in [1.165, 1.54) is 18.4 Å². The van der Waals surface area contributed by atoms with E-state index < -0.39 is 11.8 Å². The second-order valence-corrected chi connectivity index (χ2v) is 8.16. The molecule has 0 spiro atoms. The Morgan fingerprint density at radius 2 is 1.96 bits per heavy atom. The van der Waals surface area contributed by atoms with Crippen LogP contribution in [0.5, 0.6) is 5.75 Å². The highest BCUT2D eigenvalue weighted by Crippen LogP contribution is 2.41. The Morgan fingerprint density at radius 3 is 2.59 bits per heavy atom. The minimum absolute atomic E-state index is 0.0637. The minimum Gasteiger partial charge on any atom is -0.495 e. The van der Waals surface area contributed by atoms with Crippen LogP contribution in [-0.4, -0.2) is 25.5 Å². The second-order valence-electron chi connectivity index (χ2n) is 6.80. The molecule has 1 aliphatic rings. The summed E-state index contributed by atoms with van der Waals surface area (Å²) in [6.45, 7) is 0.475. The highest BCUT2D eigenvalue weighted by Gasteiger charge is 2.35. The third-order valence-electron chi connectivity index (χ3n) is 5.06. The van der Waals surface area contributed by atoms with Crippen LogP contribution < -0.4 is 15.4 Å². The van der Waals surface area contributed by atoms with Gasteiger partial charge < -0.3 is 15.4 Å². The topological polar surface area (TPSA) is 67.4 Å². The Kier molecular flexibility index (Phi) is 6.39. The molecule has 1 heterocycles. The smallest absolute Gasteiger partial charge is 0.313 e. The fraction of sp³-hybridized carbons (Fsp3) is 0.400. The summed E-state index contributed by atoms with van der Waals surface area (Å²) in [7, 11) is 1.52. The van der Waals surface area contributed by atoms with Gasteiger partial charge in [-0.05, 0) is 42.5 Å². The molecule has 1 aromatic heterocycles. The molecule has 144 valence electrons. The molecule has 27 heavy (non-hydrogen) atoms. The summed E-state index contributed by atoms with van der Waals surface area (Å²) in [6, 6.07) is 9.01. The molecule has 0 unspecified atom stereocenters. The number of amides is 2. The molecule has 0 aliphatic heterocycles. The van der Waals surface area contributed by atoms with E-state index in [0.29, 0.717) is 23.0 Å². The maximum Gasteiger partial charge on any atom is 0.313 e. The summed E-state index contributed by atoms with van der Waals surface area (Å²) in [4.78, 5) is 25.9. The number of hydrogen-bond acceptors (Lipinski definition) is 4. The molecule has 0 saturated heterocycles. The van der Waals surface area contributed by atoms with Crippen LogP contribution in [0.15, 0.2) is 35.7 Å². The van der Waals surface area contributed by atoms with Gasteiger partial charge in [-0.2, -0.15) is 0 Å². The van der Waals surface area contributed by atoms with Crippen molar-refractivity contribution in [3.63, 3.8) is 0 Å². The first-order chi connectivity index (χ1) is 13.0. The molecule has 1 fully saturated rings. The first kappa shape index (κ1) is 19.7. The number of carbonyl (C=O) groups is 2. The van der Waals surface area contributed by atoms with Crippen LogP contribution >= 0.6 is 22.9 Å². The summed E-state index contributed by atoms with van der Waals surface area (Å²) < 4.78 is 5.08. The lowest BCUT2D eigenvalue weighted by molar-refractivity contribution is -0.136. The van der Waals surface area contributed by atoms with Crippen molar-refractivity contribution in [2.24, 2.45) is 0 Å². The molecule has 1 aromatic carbocycles. The van der Waals surface area contributed by atoms with Crippen molar-refractivity contribution in [1.82, 2.24) is 5.32 Å². The lowest BCUT2D eigenvalue weighted by Gasteiger charge is -2.36. The van der Waals surface area contributed by atoms with Gasteiger partial charge in [0.15, 0.2) is 0 Å². The quantitative estimate of drug-likeness (QED) is 0.724. The molecule has 2 N–H and O–H groups in total. The number of benzene rings is 1. The van der Waals surface area contributed by atoms with Crippen molar-refractivity contribution >= 4 is 40.4 Å². The average Bonchev–Trinajstić information content (AvgIpc) is 3.22. The SMILES string of the molecule is COc1ccc(NC(=O)C(=O)NCC2(c3cccs3)CCCCC2)cc1Cl. The minimum atomic E-state index is -0.701. The highest BCUT2D eigenvalue weighted by atomic mass is 35.5. The molecule has 3 rings (SSSR count). The summed E-state index contributed by atoms with van der Waals surface area (Å²) in [5, 5.41) is 7.85. The van der Waals surface area contributed by atoms with E-state index in [4.69, 9.17) is 16.3 Å². The number of thiophene rings is 1. The van der Waals surface area contributed by atoms with Crippen LogP contribution in [0.4, 0.5) is 5.69 Å². The van der Waals surface area contributed by atoms with Gasteiger partial charge in [-0.1, -0.05) is 36.9 Å². The predicted octanol–water partition coefficient (Wildman–Crippen LogP) is 4.37. The van der Waals surface area contributed by atoms with Crippen molar-refractivity contribution in [1.29, 1.82) is 0 Å². The third-order valence-corrected chi connectivity index (χ3v) is 6.47. The maximum atomic E-state index is 12.3. The van der Waals surface area contributed by atoms with Crippen molar-refractivity contribution in [3.05, 3.63) is 45.6 Å². The normalized spacial score (nSPS) is 15.8. The van der Waals surface area contributed by atoms with Gasteiger partial charge in [0, 0.05) is 22.5 Å². The van der Waals surface area contributed by atoms with Crippen molar-refractivity contribution in [2.45, 2.75) is 37.5 Å². The number of halogens is 1. The fourth-order valence-corrected chi connectivity index (χ4v) is 4.83. The third kappa shape index (κ3) is 4.62. The van der Waals surface area contributed by atoms with Gasteiger partial charge >= 0.3 is 11.8 Å². The summed E-state index contributed by atoms with van der Waals surface area (Å²) >= 11 is 7.77. The van der Waals surface area contributed by atoms with E-state index >= 15 is 0 Å². The number of anilines is 1. The largest absolute Gasteiger partial charge is 0.495 e. The first-order valence-corrected chi connectivity index (χ1v) is 10.3. The van der Waals surface area contributed by atoms with Crippen LogP contribution in [0.2, 0.25) is 5.02 Å².